The molecule has 9 nitrogen and oxygen atoms in total. The van der Waals surface area contributed by atoms with Gasteiger partial charge >= 0.3 is 5.69 Å². The van der Waals surface area contributed by atoms with Gasteiger partial charge in [-0.25, -0.2) is 0 Å². The van der Waals surface area contributed by atoms with E-state index < -0.39 is 0 Å². The maximum Gasteiger partial charge on any atom is 0.497 e. The van der Waals surface area contributed by atoms with Crippen LogP contribution in [0.25, 0.3) is 0 Å². The van der Waals surface area contributed by atoms with E-state index in [0.717, 1.165) is 57.4 Å². The number of likely N-dealkylation sites (tertiary alicyclic amines) is 1. The Kier molecular flexibility index (Phi) is 9.21. The molecular formula is C23H36N7O2+. The second-order valence-electron chi connectivity index (χ2n) is 8.34. The highest BCUT2D eigenvalue weighted by atomic mass is 16.2. The second-order valence-corrected chi connectivity index (χ2v) is 8.34. The zero-order valence-corrected chi connectivity index (χ0v) is 18.7. The third kappa shape index (κ3) is 7.44. The van der Waals surface area contributed by atoms with Gasteiger partial charge in [0.25, 0.3) is 5.91 Å². The number of carbonyl (C=O) groups is 1. The van der Waals surface area contributed by atoms with Crippen molar-refractivity contribution in [3.05, 3.63) is 52.6 Å². The Balaban J connectivity index is 1.48. The van der Waals surface area contributed by atoms with E-state index in [-0.39, 0.29) is 11.6 Å². The summed E-state index contributed by atoms with van der Waals surface area (Å²) in [6, 6.07) is 9.35. The monoisotopic (exact) mass is 442 g/mol. The van der Waals surface area contributed by atoms with E-state index in [4.69, 9.17) is 11.5 Å². The summed E-state index contributed by atoms with van der Waals surface area (Å²) in [5.41, 5.74) is 12.5. The summed E-state index contributed by atoms with van der Waals surface area (Å²) in [6.07, 6.45) is 6.69. The summed E-state index contributed by atoms with van der Waals surface area (Å²) >= 11 is 0. The van der Waals surface area contributed by atoms with E-state index >= 15 is 0 Å². The van der Waals surface area contributed by atoms with Gasteiger partial charge in [0.2, 0.25) is 5.82 Å². The lowest BCUT2D eigenvalue weighted by atomic mass is 10.1. The molecule has 1 saturated heterocycles. The van der Waals surface area contributed by atoms with Crippen molar-refractivity contribution in [2.45, 2.75) is 44.7 Å². The van der Waals surface area contributed by atoms with Crippen LogP contribution >= 0.6 is 0 Å². The van der Waals surface area contributed by atoms with Crippen LogP contribution in [0.15, 0.2) is 41.3 Å². The molecule has 1 aliphatic heterocycles. The molecule has 0 spiro atoms. The molecule has 9 heteroatoms. The van der Waals surface area contributed by atoms with E-state index in [9.17, 15) is 9.59 Å². The number of piperidine rings is 1. The number of nitrogens with zero attached hydrogens (tertiary/aromatic N) is 2. The van der Waals surface area contributed by atoms with Crippen molar-refractivity contribution in [2.24, 2.45) is 11.5 Å². The Hall–Kier alpha value is -2.75. The lowest BCUT2D eigenvalue weighted by Crippen LogP contribution is -2.51. The van der Waals surface area contributed by atoms with Crippen LogP contribution in [0.4, 0.5) is 11.5 Å². The molecule has 2 heterocycles. The number of aromatic amines is 1. The van der Waals surface area contributed by atoms with Gasteiger partial charge < -0.3 is 27.0 Å². The van der Waals surface area contributed by atoms with Gasteiger partial charge in [0.15, 0.2) is 0 Å². The fourth-order valence-corrected chi connectivity index (χ4v) is 3.80. The lowest BCUT2D eigenvalue weighted by Gasteiger charge is -2.29. The Bertz CT molecular complexity index is 923. The predicted octanol–water partition coefficient (Wildman–Crippen LogP) is 0.688. The van der Waals surface area contributed by atoms with Crippen LogP contribution in [0.3, 0.4) is 0 Å². The number of hydrogen-bond acceptors (Lipinski definition) is 6. The van der Waals surface area contributed by atoms with Crippen LogP contribution in [0.1, 0.15) is 42.5 Å². The first-order chi connectivity index (χ1) is 15.5. The van der Waals surface area contributed by atoms with Crippen LogP contribution < -0.4 is 32.4 Å². The molecule has 7 N–H and O–H groups in total. The zero-order valence-electron chi connectivity index (χ0n) is 18.7. The summed E-state index contributed by atoms with van der Waals surface area (Å²) in [5.74, 6) is 0.436. The summed E-state index contributed by atoms with van der Waals surface area (Å²) in [4.78, 5) is 30.0. The van der Waals surface area contributed by atoms with Crippen LogP contribution in [-0.4, -0.2) is 54.6 Å². The minimum Gasteiger partial charge on any atom is -0.352 e. The number of benzene rings is 1. The molecular weight excluding hydrogens is 406 g/mol. The van der Waals surface area contributed by atoms with Crippen molar-refractivity contribution in [3.63, 3.8) is 0 Å². The number of rotatable bonds is 11. The van der Waals surface area contributed by atoms with Crippen LogP contribution in [0.2, 0.25) is 0 Å². The van der Waals surface area contributed by atoms with Gasteiger partial charge in [-0.15, -0.1) is 0 Å². The van der Waals surface area contributed by atoms with Crippen molar-refractivity contribution in [1.82, 2.24) is 15.2 Å². The topological polar surface area (TPSA) is 133 Å². The van der Waals surface area contributed by atoms with E-state index in [2.05, 4.69) is 20.5 Å². The molecule has 0 atom stereocenters. The SMILES string of the molecule is NCCCNC(=O)c1cccc(Nc2cc[n+](CCCCN3CCC(N)CC3)c(=O)[nH]2)c1. The molecule has 0 saturated carbocycles. The number of nitrogens with two attached hydrogens (primary N) is 2. The van der Waals surface area contributed by atoms with Crippen molar-refractivity contribution in [1.29, 1.82) is 0 Å². The van der Waals surface area contributed by atoms with E-state index in [1.807, 2.05) is 12.1 Å². The van der Waals surface area contributed by atoms with E-state index in [0.29, 0.717) is 37.1 Å². The number of aromatic nitrogens is 2. The average molecular weight is 443 g/mol. The fourth-order valence-electron chi connectivity index (χ4n) is 3.80. The van der Waals surface area contributed by atoms with Crippen molar-refractivity contribution < 1.29 is 9.36 Å². The number of aryl methyl sites for hydroxylation is 1. The normalized spacial score (nSPS) is 14.9. The van der Waals surface area contributed by atoms with Crippen LogP contribution in [0.5, 0.6) is 0 Å². The number of nitrogens with one attached hydrogen (secondary N) is 3. The Morgan fingerprint density at radius 2 is 2.00 bits per heavy atom. The van der Waals surface area contributed by atoms with E-state index in [1.54, 1.807) is 29.0 Å². The van der Waals surface area contributed by atoms with Gasteiger partial charge in [-0.3, -0.25) is 4.79 Å². The molecule has 1 aliphatic rings. The fraction of sp³-hybridized carbons (Fsp3) is 0.522. The van der Waals surface area contributed by atoms with Crippen LogP contribution in [-0.2, 0) is 6.54 Å². The summed E-state index contributed by atoms with van der Waals surface area (Å²) in [7, 11) is 0. The highest BCUT2D eigenvalue weighted by Gasteiger charge is 2.15. The largest absolute Gasteiger partial charge is 0.497 e. The molecule has 1 aromatic carbocycles. The lowest BCUT2D eigenvalue weighted by molar-refractivity contribution is -0.714. The van der Waals surface area contributed by atoms with Gasteiger partial charge in [-0.2, -0.15) is 14.3 Å². The quantitative estimate of drug-likeness (QED) is 0.257. The third-order valence-corrected chi connectivity index (χ3v) is 5.75. The summed E-state index contributed by atoms with van der Waals surface area (Å²) < 4.78 is 1.69. The van der Waals surface area contributed by atoms with Gasteiger partial charge in [0, 0.05) is 29.9 Å². The van der Waals surface area contributed by atoms with Gasteiger partial charge in [-0.1, -0.05) is 6.07 Å². The number of hydrogen-bond donors (Lipinski definition) is 5. The molecule has 1 aromatic heterocycles. The highest BCUT2D eigenvalue weighted by Crippen LogP contribution is 2.15. The first-order valence-electron chi connectivity index (χ1n) is 11.5. The van der Waals surface area contributed by atoms with Gasteiger partial charge in [-0.05, 0) is 76.5 Å². The molecule has 1 amide bonds. The van der Waals surface area contributed by atoms with Crippen molar-refractivity contribution in [2.75, 3.05) is 38.0 Å². The molecule has 0 aliphatic carbocycles. The van der Waals surface area contributed by atoms with Crippen molar-refractivity contribution >= 4 is 17.4 Å². The second kappa shape index (κ2) is 12.3. The highest BCUT2D eigenvalue weighted by molar-refractivity contribution is 5.95. The number of H-pyrrole nitrogens is 1. The number of carbonyl (C=O) groups excluding carboxylic acids is 1. The minimum absolute atomic E-state index is 0.145. The summed E-state index contributed by atoms with van der Waals surface area (Å²) in [5, 5.41) is 6.00. The molecule has 174 valence electrons. The maximum absolute atomic E-state index is 12.5. The first-order valence-corrected chi connectivity index (χ1v) is 11.5. The standard InChI is InChI=1S/C23H35N7O2/c24-10-4-11-26-22(31)18-5-3-6-20(17-18)27-21-9-16-30(23(32)28-21)13-2-1-12-29-14-7-19(25)8-15-29/h3,5-6,9,16-17,19H,1-2,4,7-8,10-15,24-25H2,(H2,26,27,28,31,32)/p+1. The Morgan fingerprint density at radius 3 is 2.75 bits per heavy atom. The number of anilines is 2. The minimum atomic E-state index is -0.158. The molecule has 3 rings (SSSR count). The first kappa shape index (κ1) is 23.9. The van der Waals surface area contributed by atoms with Gasteiger partial charge in [0.1, 0.15) is 0 Å². The van der Waals surface area contributed by atoms with Crippen LogP contribution in [0, 0.1) is 0 Å². The van der Waals surface area contributed by atoms with Crippen molar-refractivity contribution in [3.8, 4) is 0 Å². The molecule has 0 unspecified atom stereocenters. The van der Waals surface area contributed by atoms with Gasteiger partial charge in [0.05, 0.1) is 12.7 Å². The average Bonchev–Trinajstić information content (AvgIpc) is 2.79. The predicted molar refractivity (Wildman–Crippen MR) is 126 cm³/mol. The maximum atomic E-state index is 12.5. The number of unbranched alkanes of at least 4 members (excludes halogenated alkanes) is 1. The molecule has 32 heavy (non-hydrogen) atoms. The molecule has 0 radical (unpaired) electrons. The van der Waals surface area contributed by atoms with E-state index in [1.165, 1.54) is 0 Å². The Labute approximate surface area is 189 Å². The third-order valence-electron chi connectivity index (χ3n) is 5.75. The molecule has 2 aromatic rings. The molecule has 1 fully saturated rings. The molecule has 0 bridgehead atoms. The summed E-state index contributed by atoms with van der Waals surface area (Å²) in [6.45, 7) is 4.97. The smallest absolute Gasteiger partial charge is 0.352 e. The zero-order chi connectivity index (χ0) is 22.8. The number of amides is 1. The Morgan fingerprint density at radius 1 is 1.19 bits per heavy atom.